The second kappa shape index (κ2) is 6.82. The fraction of sp³-hybridized carbons (Fsp3) is 0.278. The molecule has 4 rings (SSSR count). The number of nitrogens with zero attached hydrogens (tertiary/aromatic N) is 4. The Morgan fingerprint density at radius 2 is 1.88 bits per heavy atom. The lowest BCUT2D eigenvalue weighted by molar-refractivity contribution is 0.246. The molecule has 2 aromatic heterocycles. The number of pyridine rings is 1. The van der Waals surface area contributed by atoms with E-state index >= 15 is 0 Å². The van der Waals surface area contributed by atoms with Gasteiger partial charge < -0.3 is 4.90 Å². The molecule has 1 aliphatic rings. The number of nitrogens with one attached hydrogen (secondary N) is 1. The van der Waals surface area contributed by atoms with Crippen molar-refractivity contribution in [1.29, 1.82) is 0 Å². The molecule has 0 radical (unpaired) electrons. The standard InChI is InChI=1S/C18H18ClN5O/c19-13-5-6-14(20-11-13)12-23-7-9-24(10-8-23)18-21-16-4-2-1-3-15(16)17(25)22-18/h1-6,11H,7-10,12H2,(H,21,22,25). The van der Waals surface area contributed by atoms with E-state index in [0.29, 0.717) is 16.4 Å². The van der Waals surface area contributed by atoms with Crippen LogP contribution in [0.2, 0.25) is 5.02 Å². The van der Waals surface area contributed by atoms with Crippen LogP contribution in [0.25, 0.3) is 10.9 Å². The maximum atomic E-state index is 12.2. The zero-order chi connectivity index (χ0) is 17.2. The normalized spacial score (nSPS) is 15.6. The third kappa shape index (κ3) is 3.50. The van der Waals surface area contributed by atoms with Crippen molar-refractivity contribution in [3.8, 4) is 0 Å². The Morgan fingerprint density at radius 3 is 2.64 bits per heavy atom. The molecule has 7 heteroatoms. The quantitative estimate of drug-likeness (QED) is 0.781. The first-order chi connectivity index (χ1) is 12.2. The van der Waals surface area contributed by atoms with E-state index in [1.165, 1.54) is 0 Å². The molecular formula is C18H18ClN5O. The number of hydrogen-bond donors (Lipinski definition) is 1. The van der Waals surface area contributed by atoms with Crippen molar-refractivity contribution in [3.63, 3.8) is 0 Å². The Balaban J connectivity index is 1.45. The van der Waals surface area contributed by atoms with Crippen molar-refractivity contribution < 1.29 is 0 Å². The smallest absolute Gasteiger partial charge is 0.260 e. The van der Waals surface area contributed by atoms with Gasteiger partial charge in [0, 0.05) is 38.9 Å². The van der Waals surface area contributed by atoms with Gasteiger partial charge in [-0.2, -0.15) is 0 Å². The third-order valence-electron chi connectivity index (χ3n) is 4.45. The Morgan fingerprint density at radius 1 is 1.08 bits per heavy atom. The Hall–Kier alpha value is -2.44. The summed E-state index contributed by atoms with van der Waals surface area (Å²) in [5.74, 6) is 0.646. The molecule has 1 N–H and O–H groups in total. The summed E-state index contributed by atoms with van der Waals surface area (Å²) in [6.45, 7) is 4.21. The lowest BCUT2D eigenvalue weighted by atomic mass is 10.2. The van der Waals surface area contributed by atoms with Crippen molar-refractivity contribution in [2.75, 3.05) is 31.1 Å². The molecule has 0 bridgehead atoms. The van der Waals surface area contributed by atoms with Gasteiger partial charge in [0.15, 0.2) is 0 Å². The molecule has 0 saturated carbocycles. The molecule has 0 unspecified atom stereocenters. The molecule has 1 aliphatic heterocycles. The fourth-order valence-electron chi connectivity index (χ4n) is 3.07. The molecule has 1 fully saturated rings. The predicted octanol–water partition coefficient (Wildman–Crippen LogP) is 2.29. The summed E-state index contributed by atoms with van der Waals surface area (Å²) in [5.41, 5.74) is 1.65. The second-order valence-corrected chi connectivity index (χ2v) is 6.57. The van der Waals surface area contributed by atoms with Gasteiger partial charge in [-0.05, 0) is 24.3 Å². The average molecular weight is 356 g/mol. The van der Waals surface area contributed by atoms with Crippen LogP contribution >= 0.6 is 11.6 Å². The summed E-state index contributed by atoms with van der Waals surface area (Å²) >= 11 is 5.88. The van der Waals surface area contributed by atoms with E-state index in [0.717, 1.165) is 43.9 Å². The van der Waals surface area contributed by atoms with Crippen LogP contribution in [-0.2, 0) is 6.54 Å². The first-order valence-electron chi connectivity index (χ1n) is 8.26. The van der Waals surface area contributed by atoms with Gasteiger partial charge in [-0.25, -0.2) is 4.98 Å². The van der Waals surface area contributed by atoms with Crippen molar-refractivity contribution >= 4 is 28.5 Å². The number of aromatic amines is 1. The zero-order valence-corrected chi connectivity index (χ0v) is 14.4. The van der Waals surface area contributed by atoms with Gasteiger partial charge in [-0.3, -0.25) is 19.7 Å². The highest BCUT2D eigenvalue weighted by atomic mass is 35.5. The molecule has 3 heterocycles. The number of rotatable bonds is 3. The average Bonchev–Trinajstić information content (AvgIpc) is 2.64. The third-order valence-corrected chi connectivity index (χ3v) is 4.67. The van der Waals surface area contributed by atoms with Crippen LogP contribution in [0.15, 0.2) is 47.4 Å². The van der Waals surface area contributed by atoms with Crippen LogP contribution in [-0.4, -0.2) is 46.0 Å². The van der Waals surface area contributed by atoms with Crippen LogP contribution in [0.3, 0.4) is 0 Å². The molecule has 0 spiro atoms. The Kier molecular flexibility index (Phi) is 4.38. The molecular weight excluding hydrogens is 338 g/mol. The van der Waals surface area contributed by atoms with Gasteiger partial charge in [0.25, 0.3) is 5.56 Å². The van der Waals surface area contributed by atoms with Crippen LogP contribution < -0.4 is 10.5 Å². The van der Waals surface area contributed by atoms with Crippen LogP contribution in [0.5, 0.6) is 0 Å². The SMILES string of the molecule is O=c1[nH]c(N2CCN(Cc3ccc(Cl)cn3)CC2)nc2ccccc12. The molecule has 1 aromatic carbocycles. The number of H-pyrrole nitrogens is 1. The van der Waals surface area contributed by atoms with Gasteiger partial charge >= 0.3 is 0 Å². The number of piperazine rings is 1. The lowest BCUT2D eigenvalue weighted by Crippen LogP contribution is -2.47. The van der Waals surface area contributed by atoms with Crippen LogP contribution in [0.1, 0.15) is 5.69 Å². The van der Waals surface area contributed by atoms with Gasteiger partial charge in [0.2, 0.25) is 5.95 Å². The van der Waals surface area contributed by atoms with E-state index < -0.39 is 0 Å². The van der Waals surface area contributed by atoms with Crippen LogP contribution in [0, 0.1) is 0 Å². The summed E-state index contributed by atoms with van der Waals surface area (Å²) in [6.07, 6.45) is 1.68. The first-order valence-corrected chi connectivity index (χ1v) is 8.64. The van der Waals surface area contributed by atoms with Gasteiger partial charge in [-0.1, -0.05) is 23.7 Å². The molecule has 1 saturated heterocycles. The number of benzene rings is 1. The molecule has 0 amide bonds. The van der Waals surface area contributed by atoms with Crippen molar-refractivity contribution in [2.24, 2.45) is 0 Å². The second-order valence-electron chi connectivity index (χ2n) is 6.14. The highest BCUT2D eigenvalue weighted by Crippen LogP contribution is 2.15. The van der Waals surface area contributed by atoms with E-state index in [4.69, 9.17) is 11.6 Å². The number of aromatic nitrogens is 3. The first kappa shape index (κ1) is 16.1. The highest BCUT2D eigenvalue weighted by molar-refractivity contribution is 6.30. The van der Waals surface area contributed by atoms with E-state index in [2.05, 4.69) is 24.8 Å². The summed E-state index contributed by atoms with van der Waals surface area (Å²) in [5, 5.41) is 1.28. The molecule has 128 valence electrons. The van der Waals surface area contributed by atoms with E-state index in [1.807, 2.05) is 30.3 Å². The largest absolute Gasteiger partial charge is 0.340 e. The number of para-hydroxylation sites is 1. The van der Waals surface area contributed by atoms with E-state index in [1.54, 1.807) is 12.3 Å². The van der Waals surface area contributed by atoms with Gasteiger partial charge in [-0.15, -0.1) is 0 Å². The summed E-state index contributed by atoms with van der Waals surface area (Å²) in [7, 11) is 0. The zero-order valence-electron chi connectivity index (χ0n) is 13.7. The lowest BCUT2D eigenvalue weighted by Gasteiger charge is -2.34. The minimum absolute atomic E-state index is 0.0895. The minimum atomic E-state index is -0.0895. The molecule has 6 nitrogen and oxygen atoms in total. The van der Waals surface area contributed by atoms with Crippen molar-refractivity contribution in [1.82, 2.24) is 19.9 Å². The predicted molar refractivity (Wildman–Crippen MR) is 99.1 cm³/mol. The maximum absolute atomic E-state index is 12.2. The van der Waals surface area contributed by atoms with Gasteiger partial charge in [0.05, 0.1) is 21.6 Å². The van der Waals surface area contributed by atoms with Crippen molar-refractivity contribution in [3.05, 3.63) is 63.7 Å². The van der Waals surface area contributed by atoms with Gasteiger partial charge in [0.1, 0.15) is 0 Å². The molecule has 3 aromatic rings. The summed E-state index contributed by atoms with van der Waals surface area (Å²) < 4.78 is 0. The number of fused-ring (bicyclic) bond motifs is 1. The summed E-state index contributed by atoms with van der Waals surface area (Å²) in [6, 6.07) is 11.2. The highest BCUT2D eigenvalue weighted by Gasteiger charge is 2.19. The molecule has 0 atom stereocenters. The summed E-state index contributed by atoms with van der Waals surface area (Å²) in [4.78, 5) is 28.5. The van der Waals surface area contributed by atoms with Crippen molar-refractivity contribution in [2.45, 2.75) is 6.54 Å². The maximum Gasteiger partial charge on any atom is 0.260 e. The number of anilines is 1. The Labute approximate surface area is 150 Å². The van der Waals surface area contributed by atoms with E-state index in [-0.39, 0.29) is 5.56 Å². The number of halogens is 1. The fourth-order valence-corrected chi connectivity index (χ4v) is 3.18. The molecule has 0 aliphatic carbocycles. The monoisotopic (exact) mass is 355 g/mol. The minimum Gasteiger partial charge on any atom is -0.340 e. The van der Waals surface area contributed by atoms with Crippen LogP contribution in [0.4, 0.5) is 5.95 Å². The number of hydrogen-bond acceptors (Lipinski definition) is 5. The van der Waals surface area contributed by atoms with E-state index in [9.17, 15) is 4.79 Å². The topological polar surface area (TPSA) is 65.1 Å². The molecule has 25 heavy (non-hydrogen) atoms. The Bertz CT molecular complexity index is 932.